The monoisotopic (exact) mass is 316 g/mol. The summed E-state index contributed by atoms with van der Waals surface area (Å²) in [7, 11) is 0. The Kier molecular flexibility index (Phi) is 3.54. The Hall–Kier alpha value is -0.280. The zero-order valence-corrected chi connectivity index (χ0v) is 13.4. The lowest BCUT2D eigenvalue weighted by atomic mass is 10.1. The minimum Gasteiger partial charge on any atom is -0.371 e. The minimum absolute atomic E-state index is 0.187. The Morgan fingerprint density at radius 1 is 0.955 bits per heavy atom. The summed E-state index contributed by atoms with van der Waals surface area (Å²) >= 11 is 0. The number of rotatable bonds is 4. The first-order valence-corrected chi connectivity index (χ1v) is 7.89. The van der Waals surface area contributed by atoms with Crippen LogP contribution < -0.4 is 0 Å². The quantitative estimate of drug-likeness (QED) is 0.711. The molecule has 4 aliphatic heterocycles. The van der Waals surface area contributed by atoms with Crippen molar-refractivity contribution in [1.29, 1.82) is 0 Å². The van der Waals surface area contributed by atoms with Crippen LogP contribution in [-0.2, 0) is 33.2 Å². The molecule has 0 radical (unpaired) electrons. The smallest absolute Gasteiger partial charge is 0.190 e. The van der Waals surface area contributed by atoms with Crippen molar-refractivity contribution in [1.82, 2.24) is 0 Å². The fourth-order valence-corrected chi connectivity index (χ4v) is 3.25. The second-order valence-corrected chi connectivity index (χ2v) is 7.19. The van der Waals surface area contributed by atoms with Gasteiger partial charge < -0.3 is 33.2 Å². The third-order valence-corrected chi connectivity index (χ3v) is 4.30. The van der Waals surface area contributed by atoms with E-state index in [-0.39, 0.29) is 30.5 Å². The van der Waals surface area contributed by atoms with E-state index >= 15 is 0 Å². The van der Waals surface area contributed by atoms with E-state index in [1.165, 1.54) is 0 Å². The summed E-state index contributed by atoms with van der Waals surface area (Å²) < 4.78 is 40.7. The summed E-state index contributed by atoms with van der Waals surface area (Å²) in [5.41, 5.74) is 0. The largest absolute Gasteiger partial charge is 0.371 e. The van der Waals surface area contributed by atoms with Crippen LogP contribution in [0.5, 0.6) is 0 Å². The summed E-state index contributed by atoms with van der Waals surface area (Å²) in [6.07, 6.45) is -1.22. The second-order valence-electron chi connectivity index (χ2n) is 7.19. The van der Waals surface area contributed by atoms with Gasteiger partial charge >= 0.3 is 0 Å². The van der Waals surface area contributed by atoms with Crippen molar-refractivity contribution >= 4 is 0 Å². The van der Waals surface area contributed by atoms with Crippen molar-refractivity contribution in [3.05, 3.63) is 0 Å². The summed E-state index contributed by atoms with van der Waals surface area (Å²) in [6.45, 7) is 9.31. The Bertz CT molecular complexity index is 434. The van der Waals surface area contributed by atoms with E-state index in [2.05, 4.69) is 0 Å². The number of hydrogen-bond donors (Lipinski definition) is 0. The van der Waals surface area contributed by atoms with Crippen LogP contribution >= 0.6 is 0 Å². The SMILES string of the molecule is CC1(C)O[C@H]2O[C@H]([C@H]3COC(C)(C)O3)[C@H](OCC3CO3)[C@H]2O1. The third-order valence-electron chi connectivity index (χ3n) is 4.30. The summed E-state index contributed by atoms with van der Waals surface area (Å²) in [5, 5.41) is 0. The molecule has 4 heterocycles. The molecule has 0 aromatic rings. The molecule has 0 aromatic heterocycles. The van der Waals surface area contributed by atoms with Gasteiger partial charge in [-0.2, -0.15) is 0 Å². The summed E-state index contributed by atoms with van der Waals surface area (Å²) in [4.78, 5) is 0. The first-order valence-electron chi connectivity index (χ1n) is 7.89. The van der Waals surface area contributed by atoms with E-state index < -0.39 is 17.9 Å². The van der Waals surface area contributed by atoms with Gasteiger partial charge in [-0.05, 0) is 27.7 Å². The molecule has 22 heavy (non-hydrogen) atoms. The predicted molar refractivity (Wildman–Crippen MR) is 73.1 cm³/mol. The molecule has 1 unspecified atom stereocenters. The van der Waals surface area contributed by atoms with Gasteiger partial charge in [0.1, 0.15) is 30.5 Å². The van der Waals surface area contributed by atoms with Gasteiger partial charge in [0.2, 0.25) is 0 Å². The number of epoxide rings is 1. The van der Waals surface area contributed by atoms with Gasteiger partial charge in [0.05, 0.1) is 19.8 Å². The van der Waals surface area contributed by atoms with Gasteiger partial charge in [0.25, 0.3) is 0 Å². The molecule has 126 valence electrons. The predicted octanol–water partition coefficient (Wildman–Crippen LogP) is 0.798. The van der Waals surface area contributed by atoms with Crippen molar-refractivity contribution in [2.75, 3.05) is 19.8 Å². The molecule has 0 amide bonds. The maximum absolute atomic E-state index is 6.05. The summed E-state index contributed by atoms with van der Waals surface area (Å²) in [5.74, 6) is -1.26. The van der Waals surface area contributed by atoms with Crippen molar-refractivity contribution < 1.29 is 33.2 Å². The van der Waals surface area contributed by atoms with Crippen molar-refractivity contribution in [2.45, 2.75) is 76.1 Å². The second kappa shape index (κ2) is 5.11. The highest BCUT2D eigenvalue weighted by Gasteiger charge is 2.59. The van der Waals surface area contributed by atoms with E-state index in [9.17, 15) is 0 Å². The Labute approximate surface area is 130 Å². The average Bonchev–Trinajstić information content (AvgIpc) is 2.99. The fourth-order valence-electron chi connectivity index (χ4n) is 3.25. The highest BCUT2D eigenvalue weighted by Crippen LogP contribution is 2.42. The Morgan fingerprint density at radius 3 is 2.36 bits per heavy atom. The van der Waals surface area contributed by atoms with Crippen molar-refractivity contribution in [3.63, 3.8) is 0 Å². The highest BCUT2D eigenvalue weighted by molar-refractivity contribution is 4.99. The van der Waals surface area contributed by atoms with Gasteiger partial charge in [-0.3, -0.25) is 0 Å². The highest BCUT2D eigenvalue weighted by atomic mass is 16.8. The molecule has 4 fully saturated rings. The fraction of sp³-hybridized carbons (Fsp3) is 1.00. The van der Waals surface area contributed by atoms with E-state index in [1.807, 2.05) is 27.7 Å². The van der Waals surface area contributed by atoms with E-state index in [4.69, 9.17) is 33.2 Å². The van der Waals surface area contributed by atoms with Crippen LogP contribution in [0.25, 0.3) is 0 Å². The minimum atomic E-state index is -0.662. The molecule has 4 aliphatic rings. The Balaban J connectivity index is 1.48. The molecule has 0 aromatic carbocycles. The molecular formula is C15H24O7. The first-order chi connectivity index (χ1) is 10.3. The van der Waals surface area contributed by atoms with Crippen LogP contribution in [0.3, 0.4) is 0 Å². The van der Waals surface area contributed by atoms with Gasteiger partial charge in [-0.1, -0.05) is 0 Å². The van der Waals surface area contributed by atoms with Crippen LogP contribution in [0.2, 0.25) is 0 Å². The third kappa shape index (κ3) is 2.91. The number of ether oxygens (including phenoxy) is 7. The standard InChI is InChI=1S/C15H24O7/c1-14(2)18-7-9(20-14)10-11(17-6-8-5-16-8)12-13(19-10)22-15(3,4)21-12/h8-13H,5-7H2,1-4H3/t8?,9-,10-,11+,12-,13-/m1/s1. The van der Waals surface area contributed by atoms with Gasteiger partial charge in [-0.15, -0.1) is 0 Å². The zero-order chi connectivity index (χ0) is 15.5. The molecule has 0 aliphatic carbocycles. The Morgan fingerprint density at radius 2 is 1.73 bits per heavy atom. The maximum atomic E-state index is 6.05. The topological polar surface area (TPSA) is 67.9 Å². The number of hydrogen-bond acceptors (Lipinski definition) is 7. The first kappa shape index (κ1) is 15.3. The van der Waals surface area contributed by atoms with Crippen LogP contribution in [0.4, 0.5) is 0 Å². The molecule has 6 atom stereocenters. The molecule has 0 bridgehead atoms. The van der Waals surface area contributed by atoms with Crippen molar-refractivity contribution in [2.24, 2.45) is 0 Å². The van der Waals surface area contributed by atoms with Crippen LogP contribution in [0, 0.1) is 0 Å². The molecule has 7 heteroatoms. The van der Waals surface area contributed by atoms with E-state index in [0.29, 0.717) is 13.2 Å². The van der Waals surface area contributed by atoms with Crippen LogP contribution in [-0.4, -0.2) is 68.2 Å². The zero-order valence-electron chi connectivity index (χ0n) is 13.4. The van der Waals surface area contributed by atoms with Gasteiger partial charge in [-0.25, -0.2) is 0 Å². The normalized spacial score (nSPS) is 48.5. The van der Waals surface area contributed by atoms with E-state index in [1.54, 1.807) is 0 Å². The van der Waals surface area contributed by atoms with Crippen molar-refractivity contribution in [3.8, 4) is 0 Å². The number of fused-ring (bicyclic) bond motifs is 1. The lowest BCUT2D eigenvalue weighted by molar-refractivity contribution is -0.236. The molecule has 0 spiro atoms. The molecule has 7 nitrogen and oxygen atoms in total. The molecule has 0 saturated carbocycles. The average molecular weight is 316 g/mol. The van der Waals surface area contributed by atoms with Gasteiger partial charge in [0, 0.05) is 0 Å². The molecular weight excluding hydrogens is 292 g/mol. The van der Waals surface area contributed by atoms with Crippen LogP contribution in [0.1, 0.15) is 27.7 Å². The van der Waals surface area contributed by atoms with Gasteiger partial charge in [0.15, 0.2) is 17.9 Å². The van der Waals surface area contributed by atoms with E-state index in [0.717, 1.165) is 6.61 Å². The molecule has 4 rings (SSSR count). The molecule has 4 saturated heterocycles. The van der Waals surface area contributed by atoms with Crippen LogP contribution in [0.15, 0.2) is 0 Å². The summed E-state index contributed by atoms with van der Waals surface area (Å²) in [6, 6.07) is 0. The maximum Gasteiger partial charge on any atom is 0.190 e. The molecule has 0 N–H and O–H groups in total. The lowest BCUT2D eigenvalue weighted by Crippen LogP contribution is -2.44. The lowest BCUT2D eigenvalue weighted by Gasteiger charge is -2.28.